The Morgan fingerprint density at radius 2 is 1.85 bits per heavy atom. The van der Waals surface area contributed by atoms with Gasteiger partial charge in [-0.1, -0.05) is 30.7 Å². The lowest BCUT2D eigenvalue weighted by Crippen LogP contribution is -2.40. The van der Waals surface area contributed by atoms with Crippen molar-refractivity contribution in [3.8, 4) is 11.3 Å². The Hall–Kier alpha value is -2.82. The maximum absolute atomic E-state index is 13.7. The van der Waals surface area contributed by atoms with E-state index in [0.717, 1.165) is 40.0 Å². The van der Waals surface area contributed by atoms with Crippen LogP contribution in [0.2, 0.25) is 0 Å². The molecule has 0 spiro atoms. The van der Waals surface area contributed by atoms with Gasteiger partial charge in [-0.2, -0.15) is 13.9 Å². The van der Waals surface area contributed by atoms with Gasteiger partial charge in [-0.25, -0.2) is 17.8 Å². The van der Waals surface area contributed by atoms with E-state index in [0.29, 0.717) is 37.0 Å². The van der Waals surface area contributed by atoms with Crippen LogP contribution in [0.4, 0.5) is 10.2 Å². The number of piperidine rings is 1. The summed E-state index contributed by atoms with van der Waals surface area (Å²) in [5.41, 5.74) is 4.53. The lowest BCUT2D eigenvalue weighted by molar-refractivity contribution is 0.282. The molecule has 2 aromatic carbocycles. The van der Waals surface area contributed by atoms with Crippen LogP contribution >= 0.6 is 15.9 Å². The Morgan fingerprint density at radius 3 is 2.56 bits per heavy atom. The van der Waals surface area contributed by atoms with Gasteiger partial charge in [0.15, 0.2) is 5.65 Å². The molecule has 0 amide bonds. The van der Waals surface area contributed by atoms with Gasteiger partial charge in [-0.15, -0.1) is 0 Å². The van der Waals surface area contributed by atoms with Gasteiger partial charge in [0.05, 0.1) is 21.3 Å². The molecule has 204 valence electrons. The minimum absolute atomic E-state index is 0.149. The second-order valence-electron chi connectivity index (χ2n) is 10.6. The molecule has 0 unspecified atom stereocenters. The largest absolute Gasteiger partial charge is 0.370 e. The van der Waals surface area contributed by atoms with Crippen LogP contribution < -0.4 is 5.32 Å². The first-order valence-corrected chi connectivity index (χ1v) is 15.7. The fraction of sp³-hybridized carbons (Fsp3) is 0.379. The monoisotopic (exact) mass is 611 g/mol. The zero-order valence-electron chi connectivity index (χ0n) is 21.8. The molecule has 0 radical (unpaired) electrons. The zero-order valence-corrected chi connectivity index (χ0v) is 24.2. The average Bonchev–Trinajstić information content (AvgIpc) is 3.29. The SMILES string of the molecule is Cc1cc(S(=O)(=O)N2CCC(CNc3cc(-c4ccccc4C4CCC4)nc4c(Br)cnn34)CC2)ccc1F. The van der Waals surface area contributed by atoms with E-state index < -0.39 is 15.8 Å². The fourth-order valence-corrected chi connectivity index (χ4v) is 7.44. The predicted octanol–water partition coefficient (Wildman–Crippen LogP) is 6.39. The first-order valence-electron chi connectivity index (χ1n) is 13.4. The number of sulfonamides is 1. The molecular weight excluding hydrogens is 581 g/mol. The van der Waals surface area contributed by atoms with Crippen LogP contribution in [0.1, 0.15) is 49.1 Å². The van der Waals surface area contributed by atoms with Gasteiger partial charge < -0.3 is 5.32 Å². The molecule has 1 aliphatic carbocycles. The number of hydrogen-bond acceptors (Lipinski definition) is 5. The van der Waals surface area contributed by atoms with Crippen molar-refractivity contribution in [3.63, 3.8) is 0 Å². The van der Waals surface area contributed by atoms with Crippen molar-refractivity contribution in [3.05, 3.63) is 76.1 Å². The van der Waals surface area contributed by atoms with Crippen LogP contribution in [0.3, 0.4) is 0 Å². The van der Waals surface area contributed by atoms with Crippen LogP contribution in [0.5, 0.6) is 0 Å². The summed E-state index contributed by atoms with van der Waals surface area (Å²) >= 11 is 3.60. The molecule has 2 aromatic heterocycles. The first kappa shape index (κ1) is 26.4. The molecule has 7 nitrogen and oxygen atoms in total. The van der Waals surface area contributed by atoms with Gasteiger partial charge in [0.1, 0.15) is 11.6 Å². The summed E-state index contributed by atoms with van der Waals surface area (Å²) in [5.74, 6) is 1.35. The number of nitrogens with one attached hydrogen (secondary N) is 1. The van der Waals surface area contributed by atoms with Crippen molar-refractivity contribution >= 4 is 37.4 Å². The van der Waals surface area contributed by atoms with Crippen molar-refractivity contribution < 1.29 is 12.8 Å². The highest BCUT2D eigenvalue weighted by Gasteiger charge is 2.30. The minimum Gasteiger partial charge on any atom is -0.370 e. The van der Waals surface area contributed by atoms with Crippen molar-refractivity contribution in [1.29, 1.82) is 0 Å². The average molecular weight is 613 g/mol. The van der Waals surface area contributed by atoms with Gasteiger partial charge in [-0.05, 0) is 89.7 Å². The normalized spacial score (nSPS) is 17.4. The topological polar surface area (TPSA) is 79.6 Å². The summed E-state index contributed by atoms with van der Waals surface area (Å²) < 4.78 is 44.1. The Labute approximate surface area is 236 Å². The summed E-state index contributed by atoms with van der Waals surface area (Å²) in [6, 6.07) is 14.6. The van der Waals surface area contributed by atoms with E-state index in [2.05, 4.69) is 56.7 Å². The number of benzene rings is 2. The molecule has 39 heavy (non-hydrogen) atoms. The maximum Gasteiger partial charge on any atom is 0.243 e. The number of nitrogens with zero attached hydrogens (tertiary/aromatic N) is 4. The molecular formula is C29H31BrFN5O2S. The molecule has 1 saturated heterocycles. The Bertz CT molecular complexity index is 1630. The smallest absolute Gasteiger partial charge is 0.243 e. The minimum atomic E-state index is -3.64. The Morgan fingerprint density at radius 1 is 1.08 bits per heavy atom. The molecule has 1 N–H and O–H groups in total. The number of halogens is 2. The summed E-state index contributed by atoms with van der Waals surface area (Å²) in [4.78, 5) is 5.11. The third kappa shape index (κ3) is 5.10. The standard InChI is InChI=1S/C29H31BrFN5O2S/c1-19-15-22(9-10-26(19)31)39(37,38)35-13-11-20(12-14-35)17-32-28-16-27(34-29-25(30)18-33-36(28)29)24-8-3-2-7-23(24)21-5-4-6-21/h2-3,7-10,15-16,18,20-21,32H,4-6,11-14,17H2,1H3. The first-order chi connectivity index (χ1) is 18.8. The number of hydrogen-bond donors (Lipinski definition) is 1. The van der Waals surface area contributed by atoms with E-state index in [4.69, 9.17) is 4.98 Å². The van der Waals surface area contributed by atoms with E-state index in [9.17, 15) is 12.8 Å². The van der Waals surface area contributed by atoms with E-state index >= 15 is 0 Å². The third-order valence-electron chi connectivity index (χ3n) is 8.12. The van der Waals surface area contributed by atoms with E-state index in [1.807, 2.05) is 4.52 Å². The molecule has 2 aliphatic rings. The number of aromatic nitrogens is 3. The lowest BCUT2D eigenvalue weighted by Gasteiger charge is -2.31. The molecule has 1 saturated carbocycles. The molecule has 1 aliphatic heterocycles. The number of rotatable bonds is 7. The molecule has 10 heteroatoms. The summed E-state index contributed by atoms with van der Waals surface area (Å²) in [7, 11) is -3.64. The van der Waals surface area contributed by atoms with Crippen LogP contribution in [-0.2, 0) is 10.0 Å². The van der Waals surface area contributed by atoms with Gasteiger partial charge in [0.2, 0.25) is 10.0 Å². The van der Waals surface area contributed by atoms with E-state index in [1.54, 1.807) is 13.1 Å². The van der Waals surface area contributed by atoms with Gasteiger partial charge >= 0.3 is 0 Å². The third-order valence-corrected chi connectivity index (χ3v) is 10.6. The van der Waals surface area contributed by atoms with Crippen molar-refractivity contribution in [2.24, 2.45) is 5.92 Å². The molecule has 4 aromatic rings. The van der Waals surface area contributed by atoms with Crippen molar-refractivity contribution in [1.82, 2.24) is 18.9 Å². The highest BCUT2D eigenvalue weighted by molar-refractivity contribution is 9.10. The fourth-order valence-electron chi connectivity index (χ4n) is 5.53. The quantitative estimate of drug-likeness (QED) is 0.262. The van der Waals surface area contributed by atoms with Crippen LogP contribution in [-0.4, -0.2) is 47.0 Å². The van der Waals surface area contributed by atoms with Crippen molar-refractivity contribution in [2.75, 3.05) is 25.0 Å². The van der Waals surface area contributed by atoms with Gasteiger partial charge in [0, 0.05) is 31.3 Å². The summed E-state index contributed by atoms with van der Waals surface area (Å²) in [5, 5.41) is 8.11. The molecule has 2 fully saturated rings. The number of anilines is 1. The Kier molecular flexibility index (Phi) is 7.20. The van der Waals surface area contributed by atoms with E-state index in [-0.39, 0.29) is 4.90 Å². The van der Waals surface area contributed by atoms with Crippen LogP contribution in [0.25, 0.3) is 16.9 Å². The maximum atomic E-state index is 13.7. The van der Waals surface area contributed by atoms with Gasteiger partial charge in [-0.3, -0.25) is 0 Å². The predicted molar refractivity (Wildman–Crippen MR) is 154 cm³/mol. The summed E-state index contributed by atoms with van der Waals surface area (Å²) in [6.45, 7) is 3.15. The van der Waals surface area contributed by atoms with E-state index in [1.165, 1.54) is 47.3 Å². The highest BCUT2D eigenvalue weighted by atomic mass is 79.9. The second kappa shape index (κ2) is 10.6. The van der Waals surface area contributed by atoms with Crippen molar-refractivity contribution in [2.45, 2.75) is 49.8 Å². The molecule has 6 rings (SSSR count). The highest BCUT2D eigenvalue weighted by Crippen LogP contribution is 2.41. The summed E-state index contributed by atoms with van der Waals surface area (Å²) in [6.07, 6.45) is 6.94. The molecule has 3 heterocycles. The van der Waals surface area contributed by atoms with Crippen LogP contribution in [0, 0.1) is 18.7 Å². The molecule has 0 bridgehead atoms. The van der Waals surface area contributed by atoms with Gasteiger partial charge in [0.25, 0.3) is 0 Å². The number of fused-ring (bicyclic) bond motifs is 1. The lowest BCUT2D eigenvalue weighted by atomic mass is 9.78. The molecule has 0 atom stereocenters. The number of aryl methyl sites for hydroxylation is 1. The second-order valence-corrected chi connectivity index (χ2v) is 13.4. The van der Waals surface area contributed by atoms with Crippen LogP contribution in [0.15, 0.2) is 64.1 Å². The Balaban J connectivity index is 1.18. The zero-order chi connectivity index (χ0) is 27.1.